The molecule has 3 aromatic rings. The van der Waals surface area contributed by atoms with Crippen molar-refractivity contribution < 1.29 is 22.7 Å². The van der Waals surface area contributed by atoms with E-state index < -0.39 is 20.6 Å². The zero-order valence-corrected chi connectivity index (χ0v) is 25.0. The van der Waals surface area contributed by atoms with Crippen LogP contribution in [0.5, 0.6) is 5.88 Å². The number of hydrogen-bond acceptors (Lipinski definition) is 10. The lowest BCUT2D eigenvalue weighted by Crippen LogP contribution is -2.33. The van der Waals surface area contributed by atoms with Gasteiger partial charge in [-0.05, 0) is 63.3 Å². The number of hydrogen-bond donors (Lipinski definition) is 2. The number of sulfone groups is 1. The molecule has 0 aromatic carbocycles. The van der Waals surface area contributed by atoms with E-state index >= 15 is 0 Å². The Balaban J connectivity index is 1.72. The van der Waals surface area contributed by atoms with Crippen LogP contribution in [-0.4, -0.2) is 53.1 Å². The van der Waals surface area contributed by atoms with Crippen molar-refractivity contribution in [3.63, 3.8) is 0 Å². The molecule has 0 spiro atoms. The fourth-order valence-corrected chi connectivity index (χ4v) is 5.64. The Hall–Kier alpha value is -3.31. The number of nitrogens with zero attached hydrogens (tertiary/aromatic N) is 3. The van der Waals surface area contributed by atoms with Crippen molar-refractivity contribution in [3.05, 3.63) is 47.4 Å². The molecule has 0 radical (unpaired) electrons. The molecule has 3 N–H and O–H groups in total. The quantitative estimate of drug-likeness (QED) is 0.320. The van der Waals surface area contributed by atoms with E-state index in [4.69, 9.17) is 20.2 Å². The van der Waals surface area contributed by atoms with Gasteiger partial charge >= 0.3 is 5.97 Å². The summed E-state index contributed by atoms with van der Waals surface area (Å²) in [6.07, 6.45) is 5.95. The smallest absolute Gasteiger partial charge is 0.340 e. The Morgan fingerprint density at radius 3 is 2.55 bits per heavy atom. The Labute approximate surface area is 236 Å². The van der Waals surface area contributed by atoms with E-state index in [2.05, 4.69) is 22.2 Å². The van der Waals surface area contributed by atoms with Crippen LogP contribution in [0, 0.1) is 0 Å². The van der Waals surface area contributed by atoms with Gasteiger partial charge in [0.2, 0.25) is 5.88 Å². The summed E-state index contributed by atoms with van der Waals surface area (Å²) in [4.78, 5) is 26.2. The van der Waals surface area contributed by atoms with Gasteiger partial charge in [-0.2, -0.15) is 0 Å². The average Bonchev–Trinajstić information content (AvgIpc) is 2.86. The molecule has 5 atom stereocenters. The molecule has 4 rings (SSSR count). The van der Waals surface area contributed by atoms with Gasteiger partial charge in [-0.3, -0.25) is 0 Å². The third kappa shape index (κ3) is 6.20. The molecule has 0 bridgehead atoms. The lowest BCUT2D eigenvalue weighted by atomic mass is 9.87. The summed E-state index contributed by atoms with van der Waals surface area (Å²) in [5, 5.41) is 4.23. The van der Waals surface area contributed by atoms with Gasteiger partial charge < -0.3 is 20.5 Å². The van der Waals surface area contributed by atoms with Crippen LogP contribution >= 0.6 is 0 Å². The molecule has 1 unspecified atom stereocenters. The Morgan fingerprint density at radius 2 is 1.88 bits per heavy atom. The van der Waals surface area contributed by atoms with Crippen molar-refractivity contribution in [2.24, 2.45) is 5.73 Å². The number of nitrogens with two attached hydrogens (primary N) is 1. The molecule has 0 amide bonds. The molecule has 11 heteroatoms. The highest BCUT2D eigenvalue weighted by Crippen LogP contribution is 2.36. The maximum Gasteiger partial charge on any atom is 0.340 e. The predicted molar refractivity (Wildman–Crippen MR) is 156 cm³/mol. The molecule has 0 fully saturated rings. The number of ether oxygens (including phenoxy) is 2. The first kappa shape index (κ1) is 29.7. The van der Waals surface area contributed by atoms with Crippen LogP contribution in [0.1, 0.15) is 88.3 Å². The Kier molecular flexibility index (Phi) is 8.37. The number of nitrogens with one attached hydrogen (secondary N) is 1. The minimum absolute atomic E-state index is 0.0456. The second-order valence-corrected chi connectivity index (χ2v) is 13.7. The molecule has 4 heterocycles. The summed E-state index contributed by atoms with van der Waals surface area (Å²) in [5.41, 5.74) is 8.11. The highest BCUT2D eigenvalue weighted by Gasteiger charge is 2.32. The van der Waals surface area contributed by atoms with Crippen molar-refractivity contribution in [3.8, 4) is 5.88 Å². The van der Waals surface area contributed by atoms with Crippen LogP contribution in [-0.2, 0) is 20.1 Å². The van der Waals surface area contributed by atoms with Gasteiger partial charge in [0.05, 0.1) is 28.0 Å². The number of esters is 1. The van der Waals surface area contributed by atoms with Gasteiger partial charge in [-0.1, -0.05) is 20.3 Å². The van der Waals surface area contributed by atoms with Gasteiger partial charge in [-0.25, -0.2) is 28.2 Å². The monoisotopic (exact) mass is 569 g/mol. The maximum absolute atomic E-state index is 12.3. The molecule has 3 aromatic heterocycles. The van der Waals surface area contributed by atoms with E-state index in [0.29, 0.717) is 40.6 Å². The number of cyclic esters (lactones) is 1. The minimum atomic E-state index is -3.19. The van der Waals surface area contributed by atoms with E-state index in [1.54, 1.807) is 31.5 Å². The van der Waals surface area contributed by atoms with Gasteiger partial charge in [0.1, 0.15) is 27.6 Å². The number of carbonyl (C=O) groups excluding carboxylic acids is 1. The first-order chi connectivity index (χ1) is 18.7. The molecule has 216 valence electrons. The summed E-state index contributed by atoms with van der Waals surface area (Å²) in [6.45, 7) is 11.4. The van der Waals surface area contributed by atoms with Crippen molar-refractivity contribution in [1.82, 2.24) is 15.0 Å². The lowest BCUT2D eigenvalue weighted by Gasteiger charge is -2.28. The molecule has 0 saturated heterocycles. The number of anilines is 2. The largest absolute Gasteiger partial charge is 0.474 e. The normalized spacial score (nSPS) is 20.2. The van der Waals surface area contributed by atoms with Gasteiger partial charge in [0.15, 0.2) is 0 Å². The van der Waals surface area contributed by atoms with E-state index in [1.165, 1.54) is 6.26 Å². The summed E-state index contributed by atoms with van der Waals surface area (Å²) in [7, 11) is -3.19. The minimum Gasteiger partial charge on any atom is -0.474 e. The first-order valence-corrected chi connectivity index (χ1v) is 15.6. The number of aromatic nitrogens is 3. The SMILES string of the molecule is CCCC(C)(N)c1cnc(O[C@H](C)C[C@@H](C)S(C)(=O)=O)c2cnc(Nc3ccc4c(n3)[C@@H](C)[C@H](C)OC4=O)cc12. The topological polar surface area (TPSA) is 146 Å². The second-order valence-electron chi connectivity index (χ2n) is 11.2. The number of rotatable bonds is 10. The number of carbonyl (C=O) groups is 1. The Bertz CT molecular complexity index is 1520. The van der Waals surface area contributed by atoms with Crippen molar-refractivity contribution in [1.29, 1.82) is 0 Å². The van der Waals surface area contributed by atoms with Crippen molar-refractivity contribution >= 4 is 38.2 Å². The summed E-state index contributed by atoms with van der Waals surface area (Å²) < 4.78 is 35.4. The Morgan fingerprint density at radius 1 is 1.15 bits per heavy atom. The standard InChI is InChI=1S/C29H39N5O5S/c1-8-11-29(6,30)23-15-32-27(38-16(2)12-17(3)40(7,36)37)22-14-31-25(13-21(22)23)33-24-10-9-20-26(34-24)18(4)19(5)39-28(20)35/h9-10,13-19H,8,11-12,30H2,1-7H3,(H,31,33,34)/t16-,17-,18+,19+,29?/m1/s1. The van der Waals surface area contributed by atoms with E-state index in [0.717, 1.165) is 23.8 Å². The van der Waals surface area contributed by atoms with Crippen molar-refractivity contribution in [2.75, 3.05) is 11.6 Å². The van der Waals surface area contributed by atoms with Crippen LogP contribution in [0.3, 0.4) is 0 Å². The molecule has 40 heavy (non-hydrogen) atoms. The predicted octanol–water partition coefficient (Wildman–Crippen LogP) is 5.00. The maximum atomic E-state index is 12.3. The van der Waals surface area contributed by atoms with Crippen LogP contribution < -0.4 is 15.8 Å². The molecular formula is C29H39N5O5S. The van der Waals surface area contributed by atoms with E-state index in [9.17, 15) is 13.2 Å². The molecule has 1 aliphatic rings. The van der Waals surface area contributed by atoms with Gasteiger partial charge in [-0.15, -0.1) is 0 Å². The van der Waals surface area contributed by atoms with Crippen molar-refractivity contribution in [2.45, 2.75) is 89.7 Å². The third-order valence-corrected chi connectivity index (χ3v) is 9.31. The highest BCUT2D eigenvalue weighted by atomic mass is 32.2. The first-order valence-electron chi connectivity index (χ1n) is 13.6. The van der Waals surface area contributed by atoms with Crippen LogP contribution in [0.2, 0.25) is 0 Å². The summed E-state index contributed by atoms with van der Waals surface area (Å²) in [5.74, 6) is 1.05. The zero-order chi connectivity index (χ0) is 29.4. The third-order valence-electron chi connectivity index (χ3n) is 7.66. The second kappa shape index (κ2) is 11.3. The highest BCUT2D eigenvalue weighted by molar-refractivity contribution is 7.91. The van der Waals surface area contributed by atoms with Gasteiger partial charge in [0, 0.05) is 36.5 Å². The van der Waals surface area contributed by atoms with E-state index in [1.807, 2.05) is 33.8 Å². The molecule has 0 aliphatic carbocycles. The van der Waals surface area contributed by atoms with E-state index in [-0.39, 0.29) is 24.1 Å². The average molecular weight is 570 g/mol. The zero-order valence-electron chi connectivity index (χ0n) is 24.2. The fraction of sp³-hybridized carbons (Fsp3) is 0.517. The summed E-state index contributed by atoms with van der Waals surface area (Å²) in [6, 6.07) is 5.34. The number of pyridine rings is 3. The summed E-state index contributed by atoms with van der Waals surface area (Å²) >= 11 is 0. The molecule has 1 aliphatic heterocycles. The van der Waals surface area contributed by atoms with Crippen LogP contribution in [0.4, 0.5) is 11.6 Å². The van der Waals surface area contributed by atoms with Crippen LogP contribution in [0.15, 0.2) is 30.6 Å². The molecule has 0 saturated carbocycles. The lowest BCUT2D eigenvalue weighted by molar-refractivity contribution is 0.0235. The van der Waals surface area contributed by atoms with Gasteiger partial charge in [0.25, 0.3) is 0 Å². The van der Waals surface area contributed by atoms with Crippen LogP contribution in [0.25, 0.3) is 10.8 Å². The molecular weight excluding hydrogens is 530 g/mol. The fourth-order valence-electron chi connectivity index (χ4n) is 5.02. The number of fused-ring (bicyclic) bond motifs is 2. The molecule has 10 nitrogen and oxygen atoms in total.